The van der Waals surface area contributed by atoms with Crippen LogP contribution >= 0.6 is 39.1 Å². The first-order chi connectivity index (χ1) is 8.95. The van der Waals surface area contributed by atoms with Crippen LogP contribution in [0.15, 0.2) is 16.6 Å². The molecule has 1 atom stereocenters. The topological polar surface area (TPSA) is 46.6 Å². The first-order valence-electron chi connectivity index (χ1n) is 5.47. The van der Waals surface area contributed by atoms with Gasteiger partial charge in [0.2, 0.25) is 5.91 Å². The van der Waals surface area contributed by atoms with Gasteiger partial charge in [0.05, 0.1) is 28.8 Å². The van der Waals surface area contributed by atoms with E-state index < -0.39 is 11.9 Å². The lowest BCUT2D eigenvalue weighted by atomic mass is 10.1. The van der Waals surface area contributed by atoms with E-state index in [1.807, 2.05) is 0 Å². The zero-order valence-corrected chi connectivity index (χ0v) is 13.0. The number of esters is 1. The molecule has 7 heteroatoms. The molecule has 4 nitrogen and oxygen atoms in total. The monoisotopic (exact) mass is 365 g/mol. The molecule has 1 aliphatic rings. The normalized spacial score (nSPS) is 18.8. The van der Waals surface area contributed by atoms with E-state index in [9.17, 15) is 9.59 Å². The summed E-state index contributed by atoms with van der Waals surface area (Å²) in [4.78, 5) is 24.9. The zero-order valence-electron chi connectivity index (χ0n) is 9.95. The highest BCUT2D eigenvalue weighted by Gasteiger charge is 2.36. The summed E-state index contributed by atoms with van der Waals surface area (Å²) in [6, 6.07) is 3.40. The van der Waals surface area contributed by atoms with Crippen LogP contribution in [0.1, 0.15) is 6.42 Å². The minimum Gasteiger partial charge on any atom is -0.469 e. The Kier molecular flexibility index (Phi) is 4.38. The zero-order chi connectivity index (χ0) is 14.2. The first-order valence-corrected chi connectivity index (χ1v) is 7.02. The Morgan fingerprint density at radius 3 is 2.74 bits per heavy atom. The van der Waals surface area contributed by atoms with Gasteiger partial charge in [-0.15, -0.1) is 0 Å². The van der Waals surface area contributed by atoms with Crippen LogP contribution in [-0.2, 0) is 14.3 Å². The second-order valence-corrected chi connectivity index (χ2v) is 5.73. The van der Waals surface area contributed by atoms with Crippen molar-refractivity contribution in [2.75, 3.05) is 18.6 Å². The summed E-state index contributed by atoms with van der Waals surface area (Å²) in [5, 5.41) is 0.628. The second-order valence-electron chi connectivity index (χ2n) is 4.12. The fourth-order valence-electron chi connectivity index (χ4n) is 1.99. The van der Waals surface area contributed by atoms with Crippen LogP contribution < -0.4 is 4.90 Å². The molecule has 1 amide bonds. The van der Waals surface area contributed by atoms with Crippen LogP contribution in [0, 0.1) is 5.92 Å². The van der Waals surface area contributed by atoms with E-state index in [-0.39, 0.29) is 23.9 Å². The molecule has 0 radical (unpaired) electrons. The van der Waals surface area contributed by atoms with Gasteiger partial charge in [-0.25, -0.2) is 0 Å². The van der Waals surface area contributed by atoms with Gasteiger partial charge in [0.25, 0.3) is 0 Å². The molecule has 1 aromatic carbocycles. The fourth-order valence-corrected chi connectivity index (χ4v) is 2.86. The molecule has 0 saturated carbocycles. The van der Waals surface area contributed by atoms with Gasteiger partial charge in [0.1, 0.15) is 0 Å². The predicted octanol–water partition coefficient (Wildman–Crippen LogP) is 3.28. The molecular formula is C12H10BrCl2NO3. The van der Waals surface area contributed by atoms with Gasteiger partial charge in [0, 0.05) is 17.4 Å². The average molecular weight is 367 g/mol. The third kappa shape index (κ3) is 2.73. The van der Waals surface area contributed by atoms with Crippen molar-refractivity contribution in [2.24, 2.45) is 5.92 Å². The Hall–Kier alpha value is -0.780. The smallest absolute Gasteiger partial charge is 0.311 e. The van der Waals surface area contributed by atoms with Crippen LogP contribution in [-0.4, -0.2) is 25.5 Å². The number of methoxy groups -OCH3 is 1. The third-order valence-electron chi connectivity index (χ3n) is 2.97. The number of nitrogens with zero attached hydrogens (tertiary/aromatic N) is 1. The Morgan fingerprint density at radius 2 is 2.11 bits per heavy atom. The SMILES string of the molecule is COC(=O)C1CC(=O)N(c2ccc(Br)c(Cl)c2Cl)C1. The highest BCUT2D eigenvalue weighted by molar-refractivity contribution is 9.10. The maximum absolute atomic E-state index is 12.0. The summed E-state index contributed by atoms with van der Waals surface area (Å²) >= 11 is 15.4. The van der Waals surface area contributed by atoms with Crippen molar-refractivity contribution in [3.05, 3.63) is 26.7 Å². The Balaban J connectivity index is 2.31. The van der Waals surface area contributed by atoms with Crippen LogP contribution in [0.4, 0.5) is 5.69 Å². The molecule has 0 N–H and O–H groups in total. The van der Waals surface area contributed by atoms with E-state index in [1.165, 1.54) is 12.0 Å². The molecule has 0 aliphatic carbocycles. The molecule has 1 heterocycles. The van der Waals surface area contributed by atoms with E-state index in [2.05, 4.69) is 20.7 Å². The lowest BCUT2D eigenvalue weighted by molar-refractivity contribution is -0.145. The second kappa shape index (κ2) is 5.69. The molecule has 0 spiro atoms. The molecule has 1 saturated heterocycles. The van der Waals surface area contributed by atoms with Gasteiger partial charge in [-0.3, -0.25) is 9.59 Å². The predicted molar refractivity (Wildman–Crippen MR) is 76.6 cm³/mol. The van der Waals surface area contributed by atoms with Crippen molar-refractivity contribution in [1.82, 2.24) is 0 Å². The van der Waals surface area contributed by atoms with E-state index in [0.29, 0.717) is 15.2 Å². The molecule has 1 aromatic rings. The van der Waals surface area contributed by atoms with Crippen LogP contribution in [0.5, 0.6) is 0 Å². The maximum atomic E-state index is 12.0. The van der Waals surface area contributed by atoms with E-state index in [1.54, 1.807) is 12.1 Å². The van der Waals surface area contributed by atoms with Gasteiger partial charge < -0.3 is 9.64 Å². The largest absolute Gasteiger partial charge is 0.469 e. The minimum absolute atomic E-state index is 0.122. The number of hydrogen-bond acceptors (Lipinski definition) is 3. The van der Waals surface area contributed by atoms with Crippen molar-refractivity contribution < 1.29 is 14.3 Å². The lowest BCUT2D eigenvalue weighted by Crippen LogP contribution is -2.26. The molecule has 2 rings (SSSR count). The number of hydrogen-bond donors (Lipinski definition) is 0. The van der Waals surface area contributed by atoms with Crippen molar-refractivity contribution in [3.8, 4) is 0 Å². The van der Waals surface area contributed by atoms with Gasteiger partial charge in [-0.1, -0.05) is 23.2 Å². The molecule has 1 fully saturated rings. The number of ether oxygens (including phenoxy) is 1. The summed E-state index contributed by atoms with van der Waals surface area (Å²) in [6.45, 7) is 0.253. The molecule has 1 aliphatic heterocycles. The Bertz CT molecular complexity index is 550. The summed E-state index contributed by atoms with van der Waals surface area (Å²) in [5.74, 6) is -1.03. The quantitative estimate of drug-likeness (QED) is 0.596. The maximum Gasteiger partial charge on any atom is 0.311 e. The van der Waals surface area contributed by atoms with Crippen molar-refractivity contribution in [2.45, 2.75) is 6.42 Å². The van der Waals surface area contributed by atoms with Crippen LogP contribution in [0.2, 0.25) is 10.0 Å². The molecule has 0 aromatic heterocycles. The van der Waals surface area contributed by atoms with Gasteiger partial charge in [-0.05, 0) is 28.1 Å². The number of halogens is 3. The minimum atomic E-state index is -0.462. The number of amides is 1. The van der Waals surface area contributed by atoms with Crippen molar-refractivity contribution >= 4 is 56.7 Å². The summed E-state index contributed by atoms with van der Waals surface area (Å²) < 4.78 is 5.31. The van der Waals surface area contributed by atoms with Gasteiger partial charge >= 0.3 is 5.97 Å². The number of carbonyl (C=O) groups excluding carboxylic acids is 2. The standard InChI is InChI=1S/C12H10BrCl2NO3/c1-19-12(18)6-4-9(17)16(5-6)8-3-2-7(13)10(14)11(8)15/h2-3,6H,4-5H2,1H3. The van der Waals surface area contributed by atoms with Gasteiger partial charge in [-0.2, -0.15) is 0 Å². The number of anilines is 1. The first kappa shape index (κ1) is 14.6. The average Bonchev–Trinajstić information content (AvgIpc) is 2.77. The Labute approximate surface area is 128 Å². The number of rotatable bonds is 2. The van der Waals surface area contributed by atoms with Gasteiger partial charge in [0.15, 0.2) is 0 Å². The molecular weight excluding hydrogens is 357 g/mol. The highest BCUT2D eigenvalue weighted by atomic mass is 79.9. The summed E-state index contributed by atoms with van der Waals surface area (Å²) in [5.41, 5.74) is 0.506. The van der Waals surface area contributed by atoms with E-state index in [0.717, 1.165) is 0 Å². The molecule has 102 valence electrons. The fraction of sp³-hybridized carbons (Fsp3) is 0.333. The van der Waals surface area contributed by atoms with E-state index >= 15 is 0 Å². The molecule has 0 bridgehead atoms. The lowest BCUT2D eigenvalue weighted by Gasteiger charge is -2.18. The third-order valence-corrected chi connectivity index (χ3v) is 4.73. The molecule has 19 heavy (non-hydrogen) atoms. The van der Waals surface area contributed by atoms with Crippen LogP contribution in [0.3, 0.4) is 0 Å². The Morgan fingerprint density at radius 1 is 1.42 bits per heavy atom. The van der Waals surface area contributed by atoms with Crippen molar-refractivity contribution in [1.29, 1.82) is 0 Å². The highest BCUT2D eigenvalue weighted by Crippen LogP contribution is 2.39. The summed E-state index contributed by atoms with van der Waals surface area (Å²) in [6.07, 6.45) is 0.122. The van der Waals surface area contributed by atoms with Crippen LogP contribution in [0.25, 0.3) is 0 Å². The number of carbonyl (C=O) groups is 2. The van der Waals surface area contributed by atoms with E-state index in [4.69, 9.17) is 23.2 Å². The molecule has 1 unspecified atom stereocenters. The summed E-state index contributed by atoms with van der Waals surface area (Å²) in [7, 11) is 1.30. The number of benzene rings is 1. The van der Waals surface area contributed by atoms with Crippen molar-refractivity contribution in [3.63, 3.8) is 0 Å².